The number of hydrogen-bond donors (Lipinski definition) is 4. The predicted molar refractivity (Wildman–Crippen MR) is 176 cm³/mol. The van der Waals surface area contributed by atoms with Crippen molar-refractivity contribution in [1.29, 1.82) is 0 Å². The van der Waals surface area contributed by atoms with Gasteiger partial charge < -0.3 is 25.7 Å². The minimum Gasteiger partial charge on any atom is -0.457 e. The van der Waals surface area contributed by atoms with Crippen molar-refractivity contribution in [2.45, 2.75) is 57.2 Å². The highest BCUT2D eigenvalue weighted by Crippen LogP contribution is 2.27. The average molecular weight is 634 g/mol. The van der Waals surface area contributed by atoms with Crippen molar-refractivity contribution in [2.24, 2.45) is 0 Å². The van der Waals surface area contributed by atoms with Crippen molar-refractivity contribution in [3.63, 3.8) is 0 Å². The van der Waals surface area contributed by atoms with E-state index in [0.717, 1.165) is 16.7 Å². The molecule has 0 unspecified atom stereocenters. The van der Waals surface area contributed by atoms with E-state index in [9.17, 15) is 18.8 Å². The molecule has 47 heavy (non-hydrogen) atoms. The Morgan fingerprint density at radius 2 is 1.57 bits per heavy atom. The summed E-state index contributed by atoms with van der Waals surface area (Å²) in [6.45, 7) is 1.71. The number of imidazole rings is 1. The van der Waals surface area contributed by atoms with Crippen LogP contribution in [-0.2, 0) is 33.6 Å². The van der Waals surface area contributed by atoms with E-state index in [4.69, 9.17) is 4.74 Å². The molecule has 0 saturated heterocycles. The second-order valence-electron chi connectivity index (χ2n) is 11.7. The van der Waals surface area contributed by atoms with Gasteiger partial charge in [0.1, 0.15) is 34.9 Å². The summed E-state index contributed by atoms with van der Waals surface area (Å²) in [7, 11) is 0. The van der Waals surface area contributed by atoms with E-state index in [1.807, 2.05) is 78.9 Å². The van der Waals surface area contributed by atoms with E-state index >= 15 is 0 Å². The van der Waals surface area contributed by atoms with Gasteiger partial charge in [-0.25, -0.2) is 9.37 Å². The highest BCUT2D eigenvalue weighted by molar-refractivity contribution is 5.92. The van der Waals surface area contributed by atoms with E-state index in [2.05, 4.69) is 25.9 Å². The van der Waals surface area contributed by atoms with Crippen molar-refractivity contribution in [3.8, 4) is 11.5 Å². The lowest BCUT2D eigenvalue weighted by atomic mass is 10.0. The molecule has 4 bridgehead atoms. The number of hydrogen-bond acceptors (Lipinski definition) is 5. The normalized spacial score (nSPS) is 18.6. The summed E-state index contributed by atoms with van der Waals surface area (Å²) in [5.41, 5.74) is 3.32. The van der Waals surface area contributed by atoms with Crippen LogP contribution in [0.5, 0.6) is 11.5 Å². The maximum Gasteiger partial charge on any atom is 0.243 e. The van der Waals surface area contributed by atoms with Gasteiger partial charge in [-0.1, -0.05) is 67.6 Å². The Balaban J connectivity index is 1.40. The molecule has 0 aliphatic carbocycles. The van der Waals surface area contributed by atoms with Crippen molar-refractivity contribution < 1.29 is 23.5 Å². The van der Waals surface area contributed by atoms with Gasteiger partial charge >= 0.3 is 0 Å². The average Bonchev–Trinajstić information content (AvgIpc) is 3.52. The van der Waals surface area contributed by atoms with Crippen molar-refractivity contribution >= 4 is 28.8 Å². The fraction of sp³-hybridized carbons (Fsp3) is 0.243. The summed E-state index contributed by atoms with van der Waals surface area (Å²) in [6, 6.07) is 26.6. The first-order chi connectivity index (χ1) is 22.8. The molecule has 1 aliphatic heterocycles. The molecule has 0 fully saturated rings. The molecule has 0 saturated carbocycles. The molecule has 6 rings (SSSR count). The molecular formula is C37H36FN5O4. The van der Waals surface area contributed by atoms with E-state index in [1.54, 1.807) is 19.1 Å². The first-order valence-electron chi connectivity index (χ1n) is 15.8. The topological polar surface area (TPSA) is 125 Å². The first-order valence-corrected chi connectivity index (χ1v) is 15.8. The number of ether oxygens (including phenoxy) is 1. The van der Waals surface area contributed by atoms with Crippen LogP contribution in [0.1, 0.15) is 48.3 Å². The van der Waals surface area contributed by atoms with Gasteiger partial charge in [-0.15, -0.1) is 0 Å². The van der Waals surface area contributed by atoms with Crippen molar-refractivity contribution in [1.82, 2.24) is 25.9 Å². The number of para-hydroxylation sites is 1. The Labute approximate surface area is 271 Å². The van der Waals surface area contributed by atoms with Gasteiger partial charge in [-0.05, 0) is 65.9 Å². The Morgan fingerprint density at radius 1 is 0.872 bits per heavy atom. The van der Waals surface area contributed by atoms with E-state index in [0.29, 0.717) is 42.1 Å². The van der Waals surface area contributed by atoms with Crippen LogP contribution < -0.4 is 20.7 Å². The van der Waals surface area contributed by atoms with Crippen molar-refractivity contribution in [3.05, 3.63) is 125 Å². The van der Waals surface area contributed by atoms with Crippen LogP contribution in [0.15, 0.2) is 97.1 Å². The minimum atomic E-state index is -0.943. The molecule has 4 aromatic carbocycles. The third kappa shape index (κ3) is 7.84. The second-order valence-corrected chi connectivity index (χ2v) is 11.7. The highest BCUT2D eigenvalue weighted by atomic mass is 19.1. The fourth-order valence-corrected chi connectivity index (χ4v) is 5.75. The zero-order chi connectivity index (χ0) is 32.8. The van der Waals surface area contributed by atoms with Crippen LogP contribution in [0.2, 0.25) is 0 Å². The number of halogens is 1. The fourth-order valence-electron chi connectivity index (χ4n) is 5.75. The quantitative estimate of drug-likeness (QED) is 0.198. The maximum atomic E-state index is 14.7. The monoisotopic (exact) mass is 633 g/mol. The summed E-state index contributed by atoms with van der Waals surface area (Å²) >= 11 is 0. The van der Waals surface area contributed by atoms with Crippen molar-refractivity contribution in [2.75, 3.05) is 0 Å². The number of amides is 3. The van der Waals surface area contributed by atoms with Gasteiger partial charge in [-0.3, -0.25) is 14.4 Å². The van der Waals surface area contributed by atoms with Gasteiger partial charge in [0, 0.05) is 19.3 Å². The van der Waals surface area contributed by atoms with Gasteiger partial charge in [0.25, 0.3) is 0 Å². The highest BCUT2D eigenvalue weighted by Gasteiger charge is 2.30. The van der Waals surface area contributed by atoms with E-state index in [1.165, 1.54) is 6.07 Å². The van der Waals surface area contributed by atoms with Crippen LogP contribution in [0.4, 0.5) is 4.39 Å². The number of rotatable bonds is 6. The molecule has 4 N–H and O–H groups in total. The minimum absolute atomic E-state index is 0.171. The lowest BCUT2D eigenvalue weighted by molar-refractivity contribution is -0.132. The summed E-state index contributed by atoms with van der Waals surface area (Å²) in [6.07, 6.45) is 1.51. The Morgan fingerprint density at radius 3 is 2.28 bits per heavy atom. The SMILES string of the molecule is CCC(=O)N[C@H]1Cc2cccc(c2)Oc2cccc(c2)C[C@@H](c2nc3c(F)cccc3[nH]2)NC(=O)[C@H](CCc2ccccc2)NC1=O. The summed E-state index contributed by atoms with van der Waals surface area (Å²) in [5.74, 6) is -0.137. The van der Waals surface area contributed by atoms with Gasteiger partial charge in [0.15, 0.2) is 5.82 Å². The second kappa shape index (κ2) is 14.3. The third-order valence-corrected chi connectivity index (χ3v) is 8.21. The Kier molecular flexibility index (Phi) is 9.56. The molecule has 9 nitrogen and oxygen atoms in total. The van der Waals surface area contributed by atoms with E-state index in [-0.39, 0.29) is 24.3 Å². The largest absolute Gasteiger partial charge is 0.457 e. The smallest absolute Gasteiger partial charge is 0.243 e. The number of fused-ring (bicyclic) bond motifs is 5. The number of carbonyl (C=O) groups is 3. The third-order valence-electron chi connectivity index (χ3n) is 8.21. The number of aromatic nitrogens is 2. The predicted octanol–water partition coefficient (Wildman–Crippen LogP) is 5.46. The molecule has 3 atom stereocenters. The Bertz CT molecular complexity index is 1890. The number of carbonyl (C=O) groups excluding carboxylic acids is 3. The van der Waals surface area contributed by atoms with Gasteiger partial charge in [0.2, 0.25) is 17.7 Å². The molecule has 1 aliphatic rings. The zero-order valence-corrected chi connectivity index (χ0v) is 26.0. The molecular weight excluding hydrogens is 597 g/mol. The molecule has 2 heterocycles. The number of aryl methyl sites for hydroxylation is 1. The number of benzene rings is 4. The zero-order valence-electron chi connectivity index (χ0n) is 26.0. The maximum absolute atomic E-state index is 14.7. The van der Waals surface area contributed by atoms with Crippen LogP contribution in [0.3, 0.4) is 0 Å². The summed E-state index contributed by atoms with van der Waals surface area (Å²) in [4.78, 5) is 48.2. The van der Waals surface area contributed by atoms with Gasteiger partial charge in [0.05, 0.1) is 11.6 Å². The molecule has 3 amide bonds. The Hall–Kier alpha value is -5.51. The van der Waals surface area contributed by atoms with Crippen LogP contribution in [0.25, 0.3) is 11.0 Å². The van der Waals surface area contributed by atoms with Crippen LogP contribution in [0, 0.1) is 5.82 Å². The summed E-state index contributed by atoms with van der Waals surface area (Å²) < 4.78 is 20.9. The van der Waals surface area contributed by atoms with Gasteiger partial charge in [-0.2, -0.15) is 0 Å². The molecule has 240 valence electrons. The summed E-state index contributed by atoms with van der Waals surface area (Å²) in [5, 5.41) is 8.84. The molecule has 0 radical (unpaired) electrons. The lowest BCUT2D eigenvalue weighted by Crippen LogP contribution is -2.55. The number of aromatic amines is 1. The lowest BCUT2D eigenvalue weighted by Gasteiger charge is -2.26. The first kappa shape index (κ1) is 31.5. The molecule has 1 aromatic heterocycles. The van der Waals surface area contributed by atoms with Crippen LogP contribution in [-0.4, -0.2) is 39.8 Å². The standard InChI is InChI=1S/C37H36FN5O4/c1-2-33(44)39-32-22-25-12-7-14-27(20-25)47-26-13-6-11-24(19-26)21-31(35-40-29-16-8-15-28(38)34(29)43-35)42-36(45)30(41-37(32)46)18-17-23-9-4-3-5-10-23/h3-16,19-20,30-32H,2,17-18,21-22H2,1H3,(H,39,44)(H,40,43)(H,41,46)(H,42,45)/t30-,31-,32-/m0/s1. The number of nitrogens with one attached hydrogen (secondary N) is 4. The molecule has 0 spiro atoms. The molecule has 10 heteroatoms. The van der Waals surface area contributed by atoms with E-state index < -0.39 is 35.8 Å². The molecule has 5 aromatic rings. The van der Waals surface area contributed by atoms with Crippen LogP contribution >= 0.6 is 0 Å². The number of nitrogens with zero attached hydrogens (tertiary/aromatic N) is 1. The number of H-pyrrole nitrogens is 1.